The van der Waals surface area contributed by atoms with Crippen LogP contribution in [-0.2, 0) is 13.0 Å². The number of rotatable bonds is 4. The van der Waals surface area contributed by atoms with Gasteiger partial charge in [0.15, 0.2) is 5.58 Å². The molecule has 5 rings (SSSR count). The standard InChI is InChI=1S/C23H19N3O3/c1-14-5-2-3-6-16(14)12-19-17-7-4-10-24-21(17)22(27)26(19)13-15-8-9-18-20(11-15)29-23(28)25-18/h2-11,19H,12-13H2,1H3,(H,25,28). The summed E-state index contributed by atoms with van der Waals surface area (Å²) in [4.78, 5) is 33.4. The van der Waals surface area contributed by atoms with Gasteiger partial charge in [0, 0.05) is 18.3 Å². The summed E-state index contributed by atoms with van der Waals surface area (Å²) in [5.74, 6) is -0.557. The maximum Gasteiger partial charge on any atom is 0.417 e. The van der Waals surface area contributed by atoms with E-state index >= 15 is 0 Å². The molecular weight excluding hydrogens is 366 g/mol. The monoisotopic (exact) mass is 385 g/mol. The van der Waals surface area contributed by atoms with Gasteiger partial charge in [-0.15, -0.1) is 0 Å². The van der Waals surface area contributed by atoms with Crippen LogP contribution in [-0.4, -0.2) is 20.8 Å². The third kappa shape index (κ3) is 3.02. The minimum atomic E-state index is -0.483. The van der Waals surface area contributed by atoms with Crippen molar-refractivity contribution in [2.75, 3.05) is 0 Å². The molecule has 2 aromatic heterocycles. The Balaban J connectivity index is 1.53. The van der Waals surface area contributed by atoms with Crippen LogP contribution in [0.15, 0.2) is 70.0 Å². The fraction of sp³-hybridized carbons (Fsp3) is 0.174. The number of hydrogen-bond donors (Lipinski definition) is 1. The first-order valence-electron chi connectivity index (χ1n) is 9.52. The number of nitrogens with one attached hydrogen (secondary N) is 1. The number of aryl methyl sites for hydroxylation is 1. The third-order valence-electron chi connectivity index (χ3n) is 5.55. The van der Waals surface area contributed by atoms with E-state index in [1.807, 2.05) is 41.3 Å². The zero-order valence-electron chi connectivity index (χ0n) is 15.9. The van der Waals surface area contributed by atoms with Gasteiger partial charge >= 0.3 is 5.76 Å². The van der Waals surface area contributed by atoms with Crippen molar-refractivity contribution in [1.82, 2.24) is 14.9 Å². The lowest BCUT2D eigenvalue weighted by Crippen LogP contribution is -2.29. The summed E-state index contributed by atoms with van der Waals surface area (Å²) < 4.78 is 5.17. The summed E-state index contributed by atoms with van der Waals surface area (Å²) in [6, 6.07) is 17.5. The molecule has 1 N–H and O–H groups in total. The van der Waals surface area contributed by atoms with Gasteiger partial charge in [0.05, 0.1) is 11.6 Å². The number of hydrogen-bond acceptors (Lipinski definition) is 4. The maximum absolute atomic E-state index is 13.1. The van der Waals surface area contributed by atoms with Gasteiger partial charge in [-0.05, 0) is 48.2 Å². The Hall–Kier alpha value is -3.67. The SMILES string of the molecule is Cc1ccccc1CC1c2cccnc2C(=O)N1Cc1ccc2[nH]c(=O)oc2c1. The number of carbonyl (C=O) groups excluding carboxylic acids is 1. The number of carbonyl (C=O) groups is 1. The van der Waals surface area contributed by atoms with Gasteiger partial charge < -0.3 is 9.32 Å². The Morgan fingerprint density at radius 2 is 1.97 bits per heavy atom. The van der Waals surface area contributed by atoms with Gasteiger partial charge in [0.1, 0.15) is 5.69 Å². The molecule has 0 spiro atoms. The van der Waals surface area contributed by atoms with Crippen molar-refractivity contribution in [2.24, 2.45) is 0 Å². The van der Waals surface area contributed by atoms with Crippen molar-refractivity contribution in [1.29, 1.82) is 0 Å². The van der Waals surface area contributed by atoms with Crippen LogP contribution in [0.1, 0.15) is 38.8 Å². The molecule has 1 aliphatic rings. The van der Waals surface area contributed by atoms with Gasteiger partial charge in [-0.1, -0.05) is 36.4 Å². The van der Waals surface area contributed by atoms with Crippen LogP contribution in [0.25, 0.3) is 11.1 Å². The smallest absolute Gasteiger partial charge is 0.408 e. The molecule has 1 unspecified atom stereocenters. The lowest BCUT2D eigenvalue weighted by atomic mass is 9.97. The fourth-order valence-corrected chi connectivity index (χ4v) is 4.05. The van der Waals surface area contributed by atoms with Crippen molar-refractivity contribution in [3.8, 4) is 0 Å². The van der Waals surface area contributed by atoms with Crippen LogP contribution >= 0.6 is 0 Å². The number of aromatic nitrogens is 2. The molecular formula is C23H19N3O3. The van der Waals surface area contributed by atoms with Gasteiger partial charge in [-0.3, -0.25) is 14.8 Å². The largest absolute Gasteiger partial charge is 0.417 e. The van der Waals surface area contributed by atoms with E-state index in [4.69, 9.17) is 4.42 Å². The molecule has 6 heteroatoms. The Morgan fingerprint density at radius 1 is 1.10 bits per heavy atom. The first-order valence-corrected chi connectivity index (χ1v) is 9.52. The molecule has 0 bridgehead atoms. The van der Waals surface area contributed by atoms with Gasteiger partial charge in [-0.25, -0.2) is 4.79 Å². The first kappa shape index (κ1) is 17.4. The van der Waals surface area contributed by atoms with E-state index in [0.29, 0.717) is 23.3 Å². The van der Waals surface area contributed by atoms with E-state index in [9.17, 15) is 9.59 Å². The number of pyridine rings is 1. The highest BCUT2D eigenvalue weighted by molar-refractivity contribution is 5.97. The number of oxazole rings is 1. The lowest BCUT2D eigenvalue weighted by Gasteiger charge is -2.26. The average molecular weight is 385 g/mol. The zero-order chi connectivity index (χ0) is 20.0. The highest BCUT2D eigenvalue weighted by Gasteiger charge is 2.37. The van der Waals surface area contributed by atoms with Crippen LogP contribution in [0.5, 0.6) is 0 Å². The van der Waals surface area contributed by atoms with E-state index < -0.39 is 5.76 Å². The number of benzene rings is 2. The second-order valence-electron chi connectivity index (χ2n) is 7.37. The maximum atomic E-state index is 13.1. The van der Waals surface area contributed by atoms with Crippen LogP contribution in [0.2, 0.25) is 0 Å². The van der Waals surface area contributed by atoms with Crippen molar-refractivity contribution >= 4 is 17.0 Å². The molecule has 0 fully saturated rings. The van der Waals surface area contributed by atoms with E-state index in [1.54, 1.807) is 12.3 Å². The summed E-state index contributed by atoms with van der Waals surface area (Å²) in [7, 11) is 0. The second-order valence-corrected chi connectivity index (χ2v) is 7.37. The first-order chi connectivity index (χ1) is 14.1. The molecule has 0 aliphatic carbocycles. The summed E-state index contributed by atoms with van der Waals surface area (Å²) in [6.45, 7) is 2.50. The highest BCUT2D eigenvalue weighted by Crippen LogP contribution is 2.36. The molecule has 0 saturated heterocycles. The van der Waals surface area contributed by atoms with Crippen LogP contribution in [0.4, 0.5) is 0 Å². The van der Waals surface area contributed by atoms with E-state index in [1.165, 1.54) is 11.1 Å². The molecule has 0 saturated carbocycles. The Labute approximate surface area is 166 Å². The third-order valence-corrected chi connectivity index (χ3v) is 5.55. The average Bonchev–Trinajstić information content (AvgIpc) is 3.21. The zero-order valence-corrected chi connectivity index (χ0v) is 15.9. The van der Waals surface area contributed by atoms with Gasteiger partial charge in [-0.2, -0.15) is 0 Å². The quantitative estimate of drug-likeness (QED) is 0.580. The van der Waals surface area contributed by atoms with Gasteiger partial charge in [0.25, 0.3) is 5.91 Å². The molecule has 2 aromatic carbocycles. The molecule has 29 heavy (non-hydrogen) atoms. The van der Waals surface area contributed by atoms with E-state index in [-0.39, 0.29) is 11.9 Å². The minimum Gasteiger partial charge on any atom is -0.408 e. The summed E-state index contributed by atoms with van der Waals surface area (Å²) in [5, 5.41) is 0. The number of H-pyrrole nitrogens is 1. The summed E-state index contributed by atoms with van der Waals surface area (Å²) >= 11 is 0. The predicted octanol–water partition coefficient (Wildman–Crippen LogP) is 3.76. The molecule has 1 amide bonds. The number of aromatic amines is 1. The molecule has 144 valence electrons. The molecule has 1 aliphatic heterocycles. The molecule has 4 aromatic rings. The van der Waals surface area contributed by atoms with Crippen molar-refractivity contribution in [3.05, 3.63) is 99.3 Å². The van der Waals surface area contributed by atoms with Crippen molar-refractivity contribution in [3.63, 3.8) is 0 Å². The Kier molecular flexibility index (Phi) is 4.05. The second kappa shape index (κ2) is 6.74. The number of nitrogens with zero attached hydrogens (tertiary/aromatic N) is 2. The fourth-order valence-electron chi connectivity index (χ4n) is 4.05. The topological polar surface area (TPSA) is 79.2 Å². The van der Waals surface area contributed by atoms with E-state index in [2.05, 4.69) is 29.0 Å². The summed E-state index contributed by atoms with van der Waals surface area (Å²) in [5.41, 5.74) is 5.91. The van der Waals surface area contributed by atoms with Crippen molar-refractivity contribution in [2.45, 2.75) is 25.9 Å². The van der Waals surface area contributed by atoms with Crippen molar-refractivity contribution < 1.29 is 9.21 Å². The molecule has 1 atom stereocenters. The Morgan fingerprint density at radius 3 is 2.83 bits per heavy atom. The number of fused-ring (bicyclic) bond motifs is 2. The van der Waals surface area contributed by atoms with E-state index in [0.717, 1.165) is 17.5 Å². The van der Waals surface area contributed by atoms with Crippen LogP contribution in [0.3, 0.4) is 0 Å². The summed E-state index contributed by atoms with van der Waals surface area (Å²) in [6.07, 6.45) is 2.38. The lowest BCUT2D eigenvalue weighted by molar-refractivity contribution is 0.0705. The van der Waals surface area contributed by atoms with Crippen LogP contribution in [0, 0.1) is 6.92 Å². The Bertz CT molecular complexity index is 1290. The molecule has 6 nitrogen and oxygen atoms in total. The normalized spacial score (nSPS) is 15.8. The number of amides is 1. The predicted molar refractivity (Wildman–Crippen MR) is 109 cm³/mol. The van der Waals surface area contributed by atoms with Gasteiger partial charge in [0.2, 0.25) is 0 Å². The minimum absolute atomic E-state index is 0.0743. The molecule has 3 heterocycles. The highest BCUT2D eigenvalue weighted by atomic mass is 16.4. The van der Waals surface area contributed by atoms with Crippen LogP contribution < -0.4 is 5.76 Å². The molecule has 0 radical (unpaired) electrons.